The third kappa shape index (κ3) is 3.18. The summed E-state index contributed by atoms with van der Waals surface area (Å²) in [5.74, 6) is 1.23. The first-order valence-electron chi connectivity index (χ1n) is 9.34. The molecule has 0 saturated carbocycles. The highest BCUT2D eigenvalue weighted by atomic mass is 16.2. The van der Waals surface area contributed by atoms with Crippen LogP contribution < -0.4 is 0 Å². The number of carbonyl (C=O) groups is 1. The molecule has 0 N–H and O–H groups in total. The Bertz CT molecular complexity index is 1010. The van der Waals surface area contributed by atoms with E-state index in [0.29, 0.717) is 23.9 Å². The monoisotopic (exact) mass is 364 g/mol. The quantitative estimate of drug-likeness (QED) is 0.699. The van der Waals surface area contributed by atoms with Crippen LogP contribution in [0.5, 0.6) is 0 Å². The number of carbonyl (C=O) groups excluding carboxylic acids is 1. The van der Waals surface area contributed by atoms with Crippen molar-refractivity contribution in [3.05, 3.63) is 52.9 Å². The zero-order valence-electron chi connectivity index (χ0n) is 16.2. The van der Waals surface area contributed by atoms with E-state index in [-0.39, 0.29) is 11.8 Å². The van der Waals surface area contributed by atoms with Crippen molar-refractivity contribution in [3.63, 3.8) is 0 Å². The van der Waals surface area contributed by atoms with Gasteiger partial charge in [0.2, 0.25) is 0 Å². The van der Waals surface area contributed by atoms with Gasteiger partial charge in [0.05, 0.1) is 5.69 Å². The summed E-state index contributed by atoms with van der Waals surface area (Å²) in [7, 11) is 0. The highest BCUT2D eigenvalue weighted by Gasteiger charge is 2.32. The van der Waals surface area contributed by atoms with Crippen LogP contribution in [0.1, 0.15) is 52.3 Å². The van der Waals surface area contributed by atoms with E-state index in [0.717, 1.165) is 35.5 Å². The van der Waals surface area contributed by atoms with Gasteiger partial charge in [0, 0.05) is 30.9 Å². The Labute approximate surface area is 158 Å². The number of likely N-dealkylation sites (tertiary alicyclic amines) is 1. The van der Waals surface area contributed by atoms with E-state index in [9.17, 15) is 4.79 Å². The lowest BCUT2D eigenvalue weighted by Crippen LogP contribution is -2.43. The van der Waals surface area contributed by atoms with Crippen LogP contribution in [0.15, 0.2) is 24.7 Å². The van der Waals surface area contributed by atoms with Crippen molar-refractivity contribution in [1.29, 1.82) is 0 Å². The van der Waals surface area contributed by atoms with Crippen LogP contribution in [0, 0.1) is 26.7 Å². The van der Waals surface area contributed by atoms with Crippen molar-refractivity contribution in [2.24, 2.45) is 5.92 Å². The van der Waals surface area contributed by atoms with Gasteiger partial charge in [-0.2, -0.15) is 10.1 Å². The summed E-state index contributed by atoms with van der Waals surface area (Å²) in [6.07, 6.45) is 4.25. The molecule has 1 aliphatic rings. The topological polar surface area (TPSA) is 76.3 Å². The molecule has 0 spiro atoms. The first-order valence-corrected chi connectivity index (χ1v) is 9.34. The zero-order valence-corrected chi connectivity index (χ0v) is 16.2. The maximum atomic E-state index is 13.0. The second kappa shape index (κ2) is 6.72. The molecule has 1 amide bonds. The average Bonchev–Trinajstić information content (AvgIpc) is 3.11. The fourth-order valence-electron chi connectivity index (χ4n) is 3.77. The van der Waals surface area contributed by atoms with Crippen LogP contribution in [-0.2, 0) is 0 Å². The van der Waals surface area contributed by atoms with E-state index in [2.05, 4.69) is 33.0 Å². The molecule has 0 aliphatic carbocycles. The normalized spacial score (nSPS) is 20.2. The summed E-state index contributed by atoms with van der Waals surface area (Å²) >= 11 is 0. The predicted octanol–water partition coefficient (Wildman–Crippen LogP) is 2.71. The summed E-state index contributed by atoms with van der Waals surface area (Å²) in [6.45, 7) is 9.61. The zero-order chi connectivity index (χ0) is 19.1. The van der Waals surface area contributed by atoms with Crippen molar-refractivity contribution in [3.8, 4) is 0 Å². The Morgan fingerprint density at radius 3 is 2.74 bits per heavy atom. The SMILES string of the molecule is Cc1cc([C@@H]2CN(C(=O)c3cc(C)c(C)cn3)CCC2C)n2ncnc2n1. The molecule has 3 aromatic heterocycles. The number of amides is 1. The minimum absolute atomic E-state index is 0.00406. The van der Waals surface area contributed by atoms with Crippen LogP contribution >= 0.6 is 0 Å². The highest BCUT2D eigenvalue weighted by Crippen LogP contribution is 2.33. The Hall–Kier alpha value is -2.83. The smallest absolute Gasteiger partial charge is 0.272 e. The number of piperidine rings is 1. The van der Waals surface area contributed by atoms with Gasteiger partial charge < -0.3 is 4.90 Å². The van der Waals surface area contributed by atoms with Crippen LogP contribution in [0.25, 0.3) is 5.78 Å². The predicted molar refractivity (Wildman–Crippen MR) is 102 cm³/mol. The molecule has 2 atom stereocenters. The third-order valence-electron chi connectivity index (χ3n) is 5.62. The van der Waals surface area contributed by atoms with E-state index in [4.69, 9.17) is 0 Å². The third-order valence-corrected chi connectivity index (χ3v) is 5.62. The Kier molecular flexibility index (Phi) is 4.37. The summed E-state index contributed by atoms with van der Waals surface area (Å²) in [6, 6.07) is 3.95. The summed E-state index contributed by atoms with van der Waals surface area (Å²) in [4.78, 5) is 28.0. The molecule has 7 heteroatoms. The first kappa shape index (κ1) is 17.6. The average molecular weight is 364 g/mol. The van der Waals surface area contributed by atoms with Crippen LogP contribution in [-0.4, -0.2) is 48.5 Å². The number of rotatable bonds is 2. The van der Waals surface area contributed by atoms with Crippen molar-refractivity contribution in [2.45, 2.75) is 40.0 Å². The molecule has 27 heavy (non-hydrogen) atoms. The van der Waals surface area contributed by atoms with E-state index in [1.54, 1.807) is 10.7 Å². The van der Waals surface area contributed by atoms with Gasteiger partial charge in [-0.05, 0) is 56.4 Å². The molecule has 1 unspecified atom stereocenters. The lowest BCUT2D eigenvalue weighted by Gasteiger charge is -2.37. The number of hydrogen-bond acceptors (Lipinski definition) is 5. The second-order valence-corrected chi connectivity index (χ2v) is 7.57. The molecule has 1 fully saturated rings. The van der Waals surface area contributed by atoms with Crippen LogP contribution in [0.4, 0.5) is 0 Å². The van der Waals surface area contributed by atoms with Crippen molar-refractivity contribution >= 4 is 11.7 Å². The number of hydrogen-bond donors (Lipinski definition) is 0. The van der Waals surface area contributed by atoms with Crippen LogP contribution in [0.3, 0.4) is 0 Å². The van der Waals surface area contributed by atoms with E-state index in [1.807, 2.05) is 31.7 Å². The maximum Gasteiger partial charge on any atom is 0.272 e. The minimum atomic E-state index is -0.00406. The fourth-order valence-corrected chi connectivity index (χ4v) is 3.77. The second-order valence-electron chi connectivity index (χ2n) is 7.57. The van der Waals surface area contributed by atoms with Crippen molar-refractivity contribution < 1.29 is 4.79 Å². The molecule has 4 heterocycles. The van der Waals surface area contributed by atoms with Gasteiger partial charge in [-0.3, -0.25) is 9.78 Å². The van der Waals surface area contributed by atoms with E-state index >= 15 is 0 Å². The number of pyridine rings is 1. The lowest BCUT2D eigenvalue weighted by molar-refractivity contribution is 0.0660. The van der Waals surface area contributed by atoms with Gasteiger partial charge in [0.1, 0.15) is 12.0 Å². The van der Waals surface area contributed by atoms with Gasteiger partial charge in [0.15, 0.2) is 0 Å². The molecule has 0 bridgehead atoms. The van der Waals surface area contributed by atoms with Crippen LogP contribution in [0.2, 0.25) is 0 Å². The van der Waals surface area contributed by atoms with Gasteiger partial charge >= 0.3 is 0 Å². The maximum absolute atomic E-state index is 13.0. The Balaban J connectivity index is 1.65. The molecule has 0 aromatic carbocycles. The van der Waals surface area contributed by atoms with Crippen molar-refractivity contribution in [1.82, 2.24) is 29.5 Å². The van der Waals surface area contributed by atoms with Gasteiger partial charge in [-0.1, -0.05) is 6.92 Å². The molecular weight excluding hydrogens is 340 g/mol. The summed E-state index contributed by atoms with van der Waals surface area (Å²) < 4.78 is 1.80. The largest absolute Gasteiger partial charge is 0.337 e. The molecular formula is C20H24N6O. The fraction of sp³-hybridized carbons (Fsp3) is 0.450. The van der Waals surface area contributed by atoms with Gasteiger partial charge in [-0.15, -0.1) is 0 Å². The lowest BCUT2D eigenvalue weighted by atomic mass is 9.84. The molecule has 140 valence electrons. The Morgan fingerprint density at radius 1 is 1.15 bits per heavy atom. The first-order chi connectivity index (χ1) is 12.9. The van der Waals surface area contributed by atoms with Crippen molar-refractivity contribution in [2.75, 3.05) is 13.1 Å². The molecule has 1 aliphatic heterocycles. The molecule has 7 nitrogen and oxygen atoms in total. The standard InChI is InChI=1S/C20H24N6O/c1-12-5-6-25(19(27)17-7-13(2)14(3)9-21-17)10-16(12)18-8-15(4)24-20-22-11-23-26(18)20/h7-9,11-12,16H,5-6,10H2,1-4H3/t12?,16-/m1/s1. The highest BCUT2D eigenvalue weighted by molar-refractivity contribution is 5.92. The number of aromatic nitrogens is 5. The molecule has 4 rings (SSSR count). The van der Waals surface area contributed by atoms with E-state index in [1.165, 1.54) is 6.33 Å². The number of nitrogens with zero attached hydrogens (tertiary/aromatic N) is 6. The van der Waals surface area contributed by atoms with E-state index < -0.39 is 0 Å². The number of fused-ring (bicyclic) bond motifs is 1. The molecule has 3 aromatic rings. The molecule has 1 saturated heterocycles. The number of aryl methyl sites for hydroxylation is 3. The molecule has 0 radical (unpaired) electrons. The van der Waals surface area contributed by atoms with Gasteiger partial charge in [0.25, 0.3) is 11.7 Å². The minimum Gasteiger partial charge on any atom is -0.337 e. The summed E-state index contributed by atoms with van der Waals surface area (Å²) in [5.41, 5.74) is 4.68. The summed E-state index contributed by atoms with van der Waals surface area (Å²) in [5, 5.41) is 4.35. The van der Waals surface area contributed by atoms with Gasteiger partial charge in [-0.25, -0.2) is 9.50 Å². The Morgan fingerprint density at radius 2 is 1.96 bits per heavy atom.